The zero-order valence-corrected chi connectivity index (χ0v) is 14.6. The Labute approximate surface area is 152 Å². The summed E-state index contributed by atoms with van der Waals surface area (Å²) in [5, 5.41) is 14.8. The van der Waals surface area contributed by atoms with E-state index in [1.54, 1.807) is 12.1 Å². The number of benzene rings is 1. The summed E-state index contributed by atoms with van der Waals surface area (Å²) in [5.41, 5.74) is 1.11. The van der Waals surface area contributed by atoms with Crippen molar-refractivity contribution in [3.05, 3.63) is 52.0 Å². The van der Waals surface area contributed by atoms with Crippen molar-refractivity contribution in [2.45, 2.75) is 13.5 Å². The lowest BCUT2D eigenvalue weighted by atomic mass is 9.93. The molecule has 0 aliphatic carbocycles. The minimum Gasteiger partial charge on any atom is -0.465 e. The average Bonchev–Trinajstić information content (AvgIpc) is 3.06. The van der Waals surface area contributed by atoms with Gasteiger partial charge in [-0.05, 0) is 31.2 Å². The number of carbonyl (C=O) groups excluding carboxylic acids is 1. The number of nitro groups is 1. The van der Waals surface area contributed by atoms with Crippen LogP contribution in [0.2, 0.25) is 0 Å². The Morgan fingerprint density at radius 3 is 2.65 bits per heavy atom. The maximum absolute atomic E-state index is 11.7. The average molecular weight is 355 g/mol. The van der Waals surface area contributed by atoms with E-state index in [-0.39, 0.29) is 10.6 Å². The second-order valence-electron chi connectivity index (χ2n) is 6.10. The maximum atomic E-state index is 11.7. The van der Waals surface area contributed by atoms with Crippen molar-refractivity contribution in [2.75, 3.05) is 36.4 Å². The van der Waals surface area contributed by atoms with Gasteiger partial charge < -0.3 is 24.2 Å². The predicted octanol–water partition coefficient (Wildman–Crippen LogP) is 2.04. The largest absolute Gasteiger partial charge is 0.465 e. The van der Waals surface area contributed by atoms with E-state index >= 15 is 0 Å². The van der Waals surface area contributed by atoms with Gasteiger partial charge in [0.1, 0.15) is 22.9 Å². The third kappa shape index (κ3) is 4.05. The molecule has 2 heterocycles. The zero-order chi connectivity index (χ0) is 18.5. The monoisotopic (exact) mass is 355 g/mol. The fourth-order valence-corrected chi connectivity index (χ4v) is 3.08. The van der Waals surface area contributed by atoms with Crippen LogP contribution in [0.25, 0.3) is 0 Å². The number of rotatable bonds is 7. The Bertz CT molecular complexity index is 787. The molecule has 1 aromatic heterocycles. The van der Waals surface area contributed by atoms with Gasteiger partial charge in [0.2, 0.25) is 0 Å². The first kappa shape index (κ1) is 18.0. The number of aryl methyl sites for hydroxylation is 1. The van der Waals surface area contributed by atoms with Crippen LogP contribution in [0.4, 0.5) is 17.1 Å². The molecular formula is C17H20BN4O4. The molecule has 0 atom stereocenters. The molecule has 0 amide bonds. The van der Waals surface area contributed by atoms with Gasteiger partial charge in [-0.2, -0.15) is 0 Å². The maximum Gasteiger partial charge on any atom is 0.315 e. The van der Waals surface area contributed by atoms with Crippen molar-refractivity contribution in [2.24, 2.45) is 0 Å². The number of anilines is 2. The number of furan rings is 1. The van der Waals surface area contributed by atoms with E-state index in [0.717, 1.165) is 17.7 Å². The molecule has 135 valence electrons. The standard InChI is InChI=1S/C17H20BN4O4/c1-13-5-6-14(26-13)11-19-15-3-2-4-16(17(15)22(24)25)20-7-9-21(10-8-20)18-12-23/h2-6,12,19H,7-11H2,1H3. The number of carbonyl (C=O) groups is 1. The molecule has 3 rings (SSSR count). The summed E-state index contributed by atoms with van der Waals surface area (Å²) in [6, 6.07) is 8.98. The van der Waals surface area contributed by atoms with Crippen LogP contribution in [-0.4, -0.2) is 49.5 Å². The van der Waals surface area contributed by atoms with Gasteiger partial charge in [0, 0.05) is 26.2 Å². The fourth-order valence-electron chi connectivity index (χ4n) is 3.08. The molecule has 1 radical (unpaired) electrons. The lowest BCUT2D eigenvalue weighted by molar-refractivity contribution is -0.383. The zero-order valence-electron chi connectivity index (χ0n) is 14.6. The van der Waals surface area contributed by atoms with E-state index < -0.39 is 0 Å². The van der Waals surface area contributed by atoms with Crippen molar-refractivity contribution in [3.63, 3.8) is 0 Å². The second kappa shape index (κ2) is 8.05. The summed E-state index contributed by atoms with van der Waals surface area (Å²) in [6.45, 7) is 4.77. The van der Waals surface area contributed by atoms with E-state index in [0.29, 0.717) is 44.1 Å². The van der Waals surface area contributed by atoms with Crippen LogP contribution in [0.15, 0.2) is 34.7 Å². The molecule has 1 N–H and O–H groups in total. The van der Waals surface area contributed by atoms with Crippen molar-refractivity contribution >= 4 is 30.7 Å². The number of para-hydroxylation sites is 1. The summed E-state index contributed by atoms with van der Waals surface area (Å²) >= 11 is 0. The molecule has 1 fully saturated rings. The fraction of sp³-hybridized carbons (Fsp3) is 0.353. The van der Waals surface area contributed by atoms with Crippen molar-refractivity contribution in [1.29, 1.82) is 0 Å². The first-order valence-electron chi connectivity index (χ1n) is 8.42. The van der Waals surface area contributed by atoms with Gasteiger partial charge in [-0.3, -0.25) is 10.1 Å². The van der Waals surface area contributed by atoms with Crippen LogP contribution in [0.1, 0.15) is 11.5 Å². The summed E-state index contributed by atoms with van der Waals surface area (Å²) in [7, 11) is 1.51. The molecule has 1 aromatic carbocycles. The van der Waals surface area contributed by atoms with E-state index in [1.807, 2.05) is 34.8 Å². The predicted molar refractivity (Wildman–Crippen MR) is 100 cm³/mol. The molecule has 26 heavy (non-hydrogen) atoms. The Morgan fingerprint density at radius 1 is 1.27 bits per heavy atom. The molecule has 9 heteroatoms. The lowest BCUT2D eigenvalue weighted by Crippen LogP contribution is -2.48. The molecule has 2 aromatic rings. The molecule has 0 unspecified atom stereocenters. The Kier molecular flexibility index (Phi) is 5.57. The SMILES string of the molecule is Cc1ccc(CNc2cccc(N3CCN([B]C=O)CC3)c2[N+](=O)[O-])o1. The summed E-state index contributed by atoms with van der Waals surface area (Å²) in [4.78, 5) is 25.8. The van der Waals surface area contributed by atoms with Gasteiger partial charge in [-0.25, -0.2) is 0 Å². The van der Waals surface area contributed by atoms with Gasteiger partial charge >= 0.3 is 5.69 Å². The van der Waals surface area contributed by atoms with Crippen LogP contribution < -0.4 is 10.2 Å². The second-order valence-corrected chi connectivity index (χ2v) is 6.10. The van der Waals surface area contributed by atoms with Crippen LogP contribution in [0.3, 0.4) is 0 Å². The molecule has 8 nitrogen and oxygen atoms in total. The smallest absolute Gasteiger partial charge is 0.315 e. The Morgan fingerprint density at radius 2 is 2.04 bits per heavy atom. The number of nitrogens with one attached hydrogen (secondary N) is 1. The number of hydrogen-bond acceptors (Lipinski definition) is 7. The number of nitrogens with zero attached hydrogens (tertiary/aromatic N) is 3. The highest BCUT2D eigenvalue weighted by molar-refractivity contribution is 6.64. The number of nitro benzene ring substituents is 1. The van der Waals surface area contributed by atoms with Crippen molar-refractivity contribution in [3.8, 4) is 0 Å². The van der Waals surface area contributed by atoms with E-state index in [4.69, 9.17) is 4.42 Å². The Balaban J connectivity index is 1.78. The summed E-state index contributed by atoms with van der Waals surface area (Å²) in [5.74, 6) is 1.52. The highest BCUT2D eigenvalue weighted by Gasteiger charge is 2.26. The van der Waals surface area contributed by atoms with E-state index in [2.05, 4.69) is 5.32 Å². The number of hydrogen-bond donors (Lipinski definition) is 1. The van der Waals surface area contributed by atoms with Crippen molar-refractivity contribution in [1.82, 2.24) is 4.81 Å². The van der Waals surface area contributed by atoms with Crippen LogP contribution >= 0.6 is 0 Å². The van der Waals surface area contributed by atoms with Crippen LogP contribution in [-0.2, 0) is 11.3 Å². The molecule has 0 spiro atoms. The normalized spacial score (nSPS) is 14.9. The summed E-state index contributed by atoms with van der Waals surface area (Å²) in [6.07, 6.45) is 0.763. The highest BCUT2D eigenvalue weighted by Crippen LogP contribution is 2.36. The van der Waals surface area contributed by atoms with Gasteiger partial charge in [0.05, 0.1) is 17.7 Å². The third-order valence-electron chi connectivity index (χ3n) is 4.37. The number of piperazine rings is 1. The minimum absolute atomic E-state index is 0.0589. The third-order valence-corrected chi connectivity index (χ3v) is 4.37. The molecule has 1 saturated heterocycles. The van der Waals surface area contributed by atoms with Crippen molar-refractivity contribution < 1.29 is 14.1 Å². The molecule has 0 saturated carbocycles. The van der Waals surface area contributed by atoms with Gasteiger partial charge in [0.15, 0.2) is 0 Å². The lowest BCUT2D eigenvalue weighted by Gasteiger charge is -2.35. The minimum atomic E-state index is -0.352. The van der Waals surface area contributed by atoms with Gasteiger partial charge in [-0.15, -0.1) is 0 Å². The summed E-state index contributed by atoms with van der Waals surface area (Å²) < 4.78 is 5.51. The molecule has 0 bridgehead atoms. The molecule has 1 aliphatic heterocycles. The van der Waals surface area contributed by atoms with E-state index in [9.17, 15) is 14.9 Å². The first-order chi connectivity index (χ1) is 12.6. The van der Waals surface area contributed by atoms with Crippen LogP contribution in [0, 0.1) is 17.0 Å². The van der Waals surface area contributed by atoms with Gasteiger partial charge in [-0.1, -0.05) is 6.07 Å². The van der Waals surface area contributed by atoms with Gasteiger partial charge in [0.25, 0.3) is 7.41 Å². The Hall–Kier alpha value is -2.81. The molecule has 1 aliphatic rings. The highest BCUT2D eigenvalue weighted by atomic mass is 16.6. The van der Waals surface area contributed by atoms with Crippen LogP contribution in [0.5, 0.6) is 0 Å². The first-order valence-corrected chi connectivity index (χ1v) is 8.42. The quantitative estimate of drug-likeness (QED) is 0.352. The molecular weight excluding hydrogens is 335 g/mol. The van der Waals surface area contributed by atoms with E-state index in [1.165, 1.54) is 7.41 Å². The topological polar surface area (TPSA) is 91.9 Å².